The number of thioether (sulfide) groups is 1. The number of carbonyl (C=O) groups is 1. The largest absolute Gasteiger partial charge is 0.477 e. The zero-order valence-electron chi connectivity index (χ0n) is 24.7. The van der Waals surface area contributed by atoms with Gasteiger partial charge in [0.1, 0.15) is 22.9 Å². The van der Waals surface area contributed by atoms with Crippen molar-refractivity contribution in [3.8, 4) is 5.75 Å². The molecule has 1 aromatic carbocycles. The van der Waals surface area contributed by atoms with Gasteiger partial charge in [0.05, 0.1) is 18.5 Å². The van der Waals surface area contributed by atoms with E-state index in [0.29, 0.717) is 17.7 Å². The maximum Gasteiger partial charge on any atom is 0.387 e. The molecule has 42 heavy (non-hydrogen) atoms. The van der Waals surface area contributed by atoms with Gasteiger partial charge >= 0.3 is 12.6 Å². The molecule has 2 atom stereocenters. The summed E-state index contributed by atoms with van der Waals surface area (Å²) >= 11 is 3.37. The summed E-state index contributed by atoms with van der Waals surface area (Å²) in [4.78, 5) is 18.7. The number of carboxylic acids is 1. The highest BCUT2D eigenvalue weighted by atomic mass is 127. The predicted molar refractivity (Wildman–Crippen MR) is 170 cm³/mol. The number of halogens is 3. The molecule has 3 heterocycles. The van der Waals surface area contributed by atoms with Gasteiger partial charge in [-0.1, -0.05) is 44.7 Å². The van der Waals surface area contributed by atoms with Crippen LogP contribution in [0.5, 0.6) is 5.75 Å². The minimum absolute atomic E-state index is 0.00283. The molecule has 0 bridgehead atoms. The second-order valence-electron chi connectivity index (χ2n) is 11.5. The number of benzene rings is 1. The summed E-state index contributed by atoms with van der Waals surface area (Å²) in [6.45, 7) is 11.9. The Kier molecular flexibility index (Phi) is 9.85. The Balaban J connectivity index is 1.63. The molecule has 3 aromatic rings. The van der Waals surface area contributed by atoms with Crippen LogP contribution in [0, 0.1) is 3.57 Å². The first-order valence-corrected chi connectivity index (χ1v) is 18.4. The van der Waals surface area contributed by atoms with Crippen LogP contribution in [0.1, 0.15) is 62.9 Å². The fourth-order valence-corrected chi connectivity index (χ4v) is 7.00. The summed E-state index contributed by atoms with van der Waals surface area (Å²) in [5, 5.41) is 9.68. The van der Waals surface area contributed by atoms with E-state index in [1.807, 2.05) is 34.6 Å². The summed E-state index contributed by atoms with van der Waals surface area (Å²) in [5.41, 5.74) is 2.62. The smallest absolute Gasteiger partial charge is 0.387 e. The molecule has 13 heteroatoms. The topological polar surface area (TPSA) is 85.5 Å². The zero-order chi connectivity index (χ0) is 31.0. The van der Waals surface area contributed by atoms with Gasteiger partial charge in [0.2, 0.25) is 5.88 Å². The number of imidazole rings is 1. The quantitative estimate of drug-likeness (QED) is 0.156. The van der Waals surface area contributed by atoms with Crippen molar-refractivity contribution in [1.29, 1.82) is 0 Å². The number of rotatable bonds is 11. The average molecular weight is 732 g/mol. The Morgan fingerprint density at radius 1 is 1.21 bits per heavy atom. The van der Waals surface area contributed by atoms with Gasteiger partial charge in [-0.05, 0) is 78.3 Å². The summed E-state index contributed by atoms with van der Waals surface area (Å²) in [6.07, 6.45) is 2.88. The average Bonchev–Trinajstić information content (AvgIpc) is 3.47. The van der Waals surface area contributed by atoms with Gasteiger partial charge in [-0.2, -0.15) is 8.78 Å². The molecule has 0 saturated heterocycles. The zero-order valence-corrected chi connectivity index (χ0v) is 28.6. The van der Waals surface area contributed by atoms with Crippen LogP contribution in [0.3, 0.4) is 0 Å². The second kappa shape index (κ2) is 12.7. The van der Waals surface area contributed by atoms with Crippen molar-refractivity contribution in [3.05, 3.63) is 73.9 Å². The van der Waals surface area contributed by atoms with E-state index in [2.05, 4.69) is 61.4 Å². The Morgan fingerprint density at radius 3 is 2.55 bits per heavy atom. The summed E-state index contributed by atoms with van der Waals surface area (Å²) in [6, 6.07) is 8.88. The number of pyridine rings is 1. The van der Waals surface area contributed by atoms with Crippen molar-refractivity contribution < 1.29 is 32.6 Å². The summed E-state index contributed by atoms with van der Waals surface area (Å²) in [7, 11) is -2.07. The summed E-state index contributed by atoms with van der Waals surface area (Å²) < 4.78 is 47.4. The van der Waals surface area contributed by atoms with Crippen molar-refractivity contribution in [2.24, 2.45) is 0 Å². The minimum Gasteiger partial charge on any atom is -0.477 e. The third kappa shape index (κ3) is 6.89. The Hall–Kier alpha value is -2.36. The molecule has 0 amide bonds. The highest BCUT2D eigenvalue weighted by Crippen LogP contribution is 2.49. The van der Waals surface area contributed by atoms with E-state index in [1.165, 1.54) is 0 Å². The number of hydrogen-bond donors (Lipinski definition) is 1. The predicted octanol–water partition coefficient (Wildman–Crippen LogP) is 8.16. The van der Waals surface area contributed by atoms with Crippen LogP contribution in [0.4, 0.5) is 8.78 Å². The number of fused-ring (bicyclic) bond motifs is 1. The third-order valence-electron chi connectivity index (χ3n) is 7.68. The normalized spacial score (nSPS) is 16.9. The second-order valence-corrected chi connectivity index (χ2v) is 18.7. The standard InChI is InChI=1S/C29H36F2IN3O5SSi/c1-8-34-25(24(27(36)37)41-26(34)21-14-33-23-12-10-19(32)15-35(21)23)39-17(2)20-11-9-18(13-22(20)40-28(30)31)16-38-42(6,7)29(3,4)5/h9-15,17,26,28H,8,16H2,1-7H3,(H,36,37)/t17-,26?/m1/s1. The van der Waals surface area contributed by atoms with Gasteiger partial charge in [0, 0.05) is 21.9 Å². The number of carboxylic acid groups (broad SMARTS) is 1. The fourth-order valence-electron chi connectivity index (χ4n) is 4.32. The van der Waals surface area contributed by atoms with Gasteiger partial charge in [-0.3, -0.25) is 4.40 Å². The first kappa shape index (κ1) is 32.5. The van der Waals surface area contributed by atoms with E-state index in [0.717, 1.165) is 26.7 Å². The highest BCUT2D eigenvalue weighted by molar-refractivity contribution is 14.1. The molecule has 0 saturated carbocycles. The molecule has 2 aromatic heterocycles. The molecule has 4 rings (SSSR count). The van der Waals surface area contributed by atoms with Gasteiger partial charge < -0.3 is 23.9 Å². The molecule has 1 aliphatic rings. The number of alkyl halides is 2. The molecule has 0 aliphatic carbocycles. The molecule has 0 fully saturated rings. The number of aliphatic carboxylic acids is 1. The maximum atomic E-state index is 13.5. The van der Waals surface area contributed by atoms with E-state index in [4.69, 9.17) is 13.9 Å². The van der Waals surface area contributed by atoms with Crippen LogP contribution < -0.4 is 4.74 Å². The van der Waals surface area contributed by atoms with Crippen LogP contribution in [0.15, 0.2) is 53.5 Å². The Labute approximate surface area is 263 Å². The molecule has 1 N–H and O–H groups in total. The molecule has 8 nitrogen and oxygen atoms in total. The van der Waals surface area contributed by atoms with Crippen LogP contribution >= 0.6 is 34.4 Å². The lowest BCUT2D eigenvalue weighted by atomic mass is 10.1. The van der Waals surface area contributed by atoms with Crippen LogP contribution in [-0.2, 0) is 20.6 Å². The van der Waals surface area contributed by atoms with Gasteiger partial charge in [0.25, 0.3) is 0 Å². The molecule has 0 radical (unpaired) electrons. The maximum absolute atomic E-state index is 13.5. The lowest BCUT2D eigenvalue weighted by Gasteiger charge is -2.36. The van der Waals surface area contributed by atoms with Crippen LogP contribution in [0.2, 0.25) is 18.1 Å². The SMILES string of the molecule is CCN1C(O[C@H](C)c2ccc(CO[Si](C)(C)C(C)(C)C)cc2OC(F)F)=C(C(=O)O)SC1c1cnc2ccc(I)cn12. The van der Waals surface area contributed by atoms with Crippen molar-refractivity contribution >= 4 is 54.3 Å². The molecule has 1 aliphatic heterocycles. The highest BCUT2D eigenvalue weighted by Gasteiger charge is 2.40. The van der Waals surface area contributed by atoms with Gasteiger partial charge in [-0.15, -0.1) is 0 Å². The lowest BCUT2D eigenvalue weighted by molar-refractivity contribution is -0.132. The van der Waals surface area contributed by atoms with E-state index in [1.54, 1.807) is 31.3 Å². The van der Waals surface area contributed by atoms with Crippen LogP contribution in [0.25, 0.3) is 5.65 Å². The van der Waals surface area contributed by atoms with Gasteiger partial charge in [0.15, 0.2) is 13.2 Å². The Bertz CT molecular complexity index is 1490. The number of ether oxygens (including phenoxy) is 2. The third-order valence-corrected chi connectivity index (χ3v) is 14.1. The molecule has 1 unspecified atom stereocenters. The first-order valence-electron chi connectivity index (χ1n) is 13.5. The summed E-state index contributed by atoms with van der Waals surface area (Å²) in [5.74, 6) is -0.997. The van der Waals surface area contributed by atoms with E-state index in [-0.39, 0.29) is 28.2 Å². The van der Waals surface area contributed by atoms with E-state index in [9.17, 15) is 18.7 Å². The van der Waals surface area contributed by atoms with Crippen LogP contribution in [-0.4, -0.2) is 46.8 Å². The number of hydrogen-bond acceptors (Lipinski definition) is 7. The van der Waals surface area contributed by atoms with Gasteiger partial charge in [-0.25, -0.2) is 9.78 Å². The molecular formula is C29H36F2IN3O5SSi. The van der Waals surface area contributed by atoms with E-state index >= 15 is 0 Å². The van der Waals surface area contributed by atoms with Crippen molar-refractivity contribution in [2.45, 2.75) is 77.4 Å². The minimum atomic E-state index is -3.04. The molecular weight excluding hydrogens is 695 g/mol. The number of nitrogens with zero attached hydrogens (tertiary/aromatic N) is 3. The first-order chi connectivity index (χ1) is 19.6. The number of aromatic nitrogens is 2. The van der Waals surface area contributed by atoms with Crippen molar-refractivity contribution in [1.82, 2.24) is 14.3 Å². The van der Waals surface area contributed by atoms with Crippen molar-refractivity contribution in [3.63, 3.8) is 0 Å². The monoisotopic (exact) mass is 731 g/mol. The fraction of sp³-hybridized carbons (Fsp3) is 0.448. The van der Waals surface area contributed by atoms with Crippen molar-refractivity contribution in [2.75, 3.05) is 6.54 Å². The Morgan fingerprint density at radius 2 is 1.93 bits per heavy atom. The molecule has 228 valence electrons. The lowest BCUT2D eigenvalue weighted by Crippen LogP contribution is -2.40. The van der Waals surface area contributed by atoms with E-state index < -0.39 is 32.4 Å². The molecule has 0 spiro atoms.